The highest BCUT2D eigenvalue weighted by Crippen LogP contribution is 2.16. The summed E-state index contributed by atoms with van der Waals surface area (Å²) in [6, 6.07) is 0. The Morgan fingerprint density at radius 1 is 1.52 bits per heavy atom. The van der Waals surface area contributed by atoms with Crippen LogP contribution in [-0.4, -0.2) is 26.4 Å². The van der Waals surface area contributed by atoms with Crippen LogP contribution in [0.25, 0.3) is 6.08 Å². The maximum absolute atomic E-state index is 12.0. The van der Waals surface area contributed by atoms with Crippen LogP contribution in [0.4, 0.5) is 4.79 Å². The van der Waals surface area contributed by atoms with E-state index >= 15 is 0 Å². The minimum Gasteiger partial charge on any atom is -0.494 e. The van der Waals surface area contributed by atoms with Crippen LogP contribution >= 0.6 is 12.2 Å². The molecule has 1 heterocycles. The van der Waals surface area contributed by atoms with Gasteiger partial charge in [-0.25, -0.2) is 4.79 Å². The van der Waals surface area contributed by atoms with E-state index in [2.05, 4.69) is 16.9 Å². The number of rotatable bonds is 4. The van der Waals surface area contributed by atoms with Gasteiger partial charge in [-0.1, -0.05) is 6.08 Å². The second kappa shape index (κ2) is 7.28. The molecule has 1 aromatic rings. The van der Waals surface area contributed by atoms with Gasteiger partial charge in [-0.15, -0.1) is 6.58 Å². The summed E-state index contributed by atoms with van der Waals surface area (Å²) in [5.74, 6) is -0.302. The standard InChI is InChI=1S/C15H21N3O4S/c1-6-7-18-12(20)10(11(19)17-13(18)23)8-9(2)16-14(21)22-15(3,4)5/h6,8,20H,1,7H2,2-5H3,(H,16,21)(H,17,19,23). The summed E-state index contributed by atoms with van der Waals surface area (Å²) < 4.78 is 6.51. The second-order valence-corrected chi connectivity index (χ2v) is 6.24. The first-order chi connectivity index (χ1) is 10.5. The molecule has 0 radical (unpaired) electrons. The minimum absolute atomic E-state index is 0.0194. The van der Waals surface area contributed by atoms with E-state index in [-0.39, 0.29) is 22.8 Å². The number of aromatic hydroxyl groups is 1. The number of carbonyl (C=O) groups excluding carboxylic acids is 1. The van der Waals surface area contributed by atoms with Gasteiger partial charge in [-0.3, -0.25) is 19.7 Å². The van der Waals surface area contributed by atoms with Gasteiger partial charge in [0, 0.05) is 12.2 Å². The van der Waals surface area contributed by atoms with Crippen LogP contribution in [0.3, 0.4) is 0 Å². The Hall–Kier alpha value is -2.35. The predicted octanol–water partition coefficient (Wildman–Crippen LogP) is 2.68. The van der Waals surface area contributed by atoms with Crippen LogP contribution < -0.4 is 10.9 Å². The van der Waals surface area contributed by atoms with Gasteiger partial charge >= 0.3 is 6.09 Å². The molecule has 0 aliphatic rings. The van der Waals surface area contributed by atoms with Gasteiger partial charge in [-0.2, -0.15) is 0 Å². The molecule has 0 saturated heterocycles. The third-order valence-corrected chi connectivity index (χ3v) is 2.90. The molecule has 0 fully saturated rings. The van der Waals surface area contributed by atoms with Crippen molar-refractivity contribution in [2.24, 2.45) is 0 Å². The van der Waals surface area contributed by atoms with Crippen molar-refractivity contribution in [3.05, 3.63) is 39.0 Å². The largest absolute Gasteiger partial charge is 0.494 e. The molecule has 0 unspecified atom stereocenters. The van der Waals surface area contributed by atoms with E-state index < -0.39 is 17.3 Å². The van der Waals surface area contributed by atoms with Crippen molar-refractivity contribution < 1.29 is 14.6 Å². The second-order valence-electron chi connectivity index (χ2n) is 5.85. The SMILES string of the molecule is C=CCn1c(O)c(C=C(C)NC(=O)OC(C)(C)C)c(=O)[nH]c1=S. The topological polar surface area (TPSA) is 96.3 Å². The number of aromatic nitrogens is 2. The van der Waals surface area contributed by atoms with Crippen LogP contribution in [0.1, 0.15) is 33.3 Å². The monoisotopic (exact) mass is 339 g/mol. The highest BCUT2D eigenvalue weighted by Gasteiger charge is 2.16. The normalized spacial score (nSPS) is 11.9. The molecule has 1 aromatic heterocycles. The quantitative estimate of drug-likeness (QED) is 0.579. The Kier molecular flexibility index (Phi) is 5.91. The van der Waals surface area contributed by atoms with Crippen molar-refractivity contribution in [3.63, 3.8) is 0 Å². The first kappa shape index (κ1) is 18.7. The summed E-state index contributed by atoms with van der Waals surface area (Å²) in [6.45, 7) is 10.6. The molecule has 0 aliphatic carbocycles. The fraction of sp³-hybridized carbons (Fsp3) is 0.400. The number of ether oxygens (including phenoxy) is 1. The molecule has 8 heteroatoms. The Labute approximate surface area is 139 Å². The van der Waals surface area contributed by atoms with E-state index in [1.165, 1.54) is 16.7 Å². The number of hydrogen-bond donors (Lipinski definition) is 3. The van der Waals surface area contributed by atoms with Gasteiger partial charge in [0.15, 0.2) is 4.77 Å². The third-order valence-electron chi connectivity index (χ3n) is 2.58. The molecule has 126 valence electrons. The number of alkyl carbamates (subject to hydrolysis) is 1. The summed E-state index contributed by atoms with van der Waals surface area (Å²) in [4.78, 5) is 26.1. The minimum atomic E-state index is -0.652. The molecule has 1 rings (SSSR count). The average Bonchev–Trinajstić information content (AvgIpc) is 2.37. The zero-order chi connectivity index (χ0) is 17.8. The zero-order valence-electron chi connectivity index (χ0n) is 13.6. The van der Waals surface area contributed by atoms with Crippen LogP contribution in [0.2, 0.25) is 0 Å². The number of nitrogens with zero attached hydrogens (tertiary/aromatic N) is 1. The van der Waals surface area contributed by atoms with E-state index in [9.17, 15) is 14.7 Å². The number of hydrogen-bond acceptors (Lipinski definition) is 5. The Morgan fingerprint density at radius 2 is 2.13 bits per heavy atom. The molecule has 0 aromatic carbocycles. The van der Waals surface area contributed by atoms with Crippen molar-refractivity contribution in [1.82, 2.24) is 14.9 Å². The first-order valence-electron chi connectivity index (χ1n) is 6.90. The molecule has 7 nitrogen and oxygen atoms in total. The zero-order valence-corrected chi connectivity index (χ0v) is 14.4. The lowest BCUT2D eigenvalue weighted by Gasteiger charge is -2.19. The molecule has 23 heavy (non-hydrogen) atoms. The molecule has 0 saturated carbocycles. The van der Waals surface area contributed by atoms with Crippen molar-refractivity contribution in [3.8, 4) is 5.88 Å². The fourth-order valence-electron chi connectivity index (χ4n) is 1.72. The predicted molar refractivity (Wildman–Crippen MR) is 90.8 cm³/mol. The molecule has 0 spiro atoms. The lowest BCUT2D eigenvalue weighted by Crippen LogP contribution is -2.31. The van der Waals surface area contributed by atoms with Crippen molar-refractivity contribution >= 4 is 24.4 Å². The van der Waals surface area contributed by atoms with Crippen molar-refractivity contribution in [1.29, 1.82) is 0 Å². The van der Waals surface area contributed by atoms with E-state index in [4.69, 9.17) is 17.0 Å². The third kappa shape index (κ3) is 5.41. The van der Waals surface area contributed by atoms with E-state index in [0.29, 0.717) is 5.70 Å². The molecule has 3 N–H and O–H groups in total. The van der Waals surface area contributed by atoms with Gasteiger partial charge < -0.3 is 9.84 Å². The molecule has 0 atom stereocenters. The van der Waals surface area contributed by atoms with Gasteiger partial charge in [0.1, 0.15) is 11.2 Å². The molecular weight excluding hydrogens is 318 g/mol. The van der Waals surface area contributed by atoms with E-state index in [1.54, 1.807) is 27.7 Å². The molecular formula is C15H21N3O4S. The lowest BCUT2D eigenvalue weighted by atomic mass is 10.2. The van der Waals surface area contributed by atoms with Gasteiger partial charge in [-0.05, 0) is 46.0 Å². The lowest BCUT2D eigenvalue weighted by molar-refractivity contribution is 0.0546. The molecule has 0 aliphatic heterocycles. The highest BCUT2D eigenvalue weighted by molar-refractivity contribution is 7.71. The van der Waals surface area contributed by atoms with Gasteiger partial charge in [0.05, 0.1) is 0 Å². The van der Waals surface area contributed by atoms with Crippen molar-refractivity contribution in [2.45, 2.75) is 39.8 Å². The number of amides is 1. The van der Waals surface area contributed by atoms with Gasteiger partial charge in [0.2, 0.25) is 5.88 Å². The number of nitrogens with one attached hydrogen (secondary N) is 2. The number of carbonyl (C=O) groups is 1. The Bertz CT molecular complexity index is 753. The van der Waals surface area contributed by atoms with Crippen LogP contribution in [-0.2, 0) is 11.3 Å². The van der Waals surface area contributed by atoms with Crippen LogP contribution in [0.5, 0.6) is 5.88 Å². The fourth-order valence-corrected chi connectivity index (χ4v) is 1.97. The summed E-state index contributed by atoms with van der Waals surface area (Å²) in [7, 11) is 0. The smallest absolute Gasteiger partial charge is 0.411 e. The highest BCUT2D eigenvalue weighted by atomic mass is 32.1. The average molecular weight is 339 g/mol. The van der Waals surface area contributed by atoms with Crippen LogP contribution in [0.15, 0.2) is 23.1 Å². The first-order valence-corrected chi connectivity index (χ1v) is 7.31. The van der Waals surface area contributed by atoms with Crippen molar-refractivity contribution in [2.75, 3.05) is 0 Å². The summed E-state index contributed by atoms with van der Waals surface area (Å²) in [5, 5.41) is 12.7. The molecule has 1 amide bonds. The summed E-state index contributed by atoms with van der Waals surface area (Å²) >= 11 is 4.98. The summed E-state index contributed by atoms with van der Waals surface area (Å²) in [6.07, 6.45) is 2.22. The Balaban J connectivity index is 3.14. The molecule has 0 bridgehead atoms. The maximum Gasteiger partial charge on any atom is 0.411 e. The maximum atomic E-state index is 12.0. The number of H-pyrrole nitrogens is 1. The number of aromatic amines is 1. The van der Waals surface area contributed by atoms with Crippen LogP contribution in [0, 0.1) is 4.77 Å². The summed E-state index contributed by atoms with van der Waals surface area (Å²) in [5.41, 5.74) is -0.879. The Morgan fingerprint density at radius 3 is 2.65 bits per heavy atom. The van der Waals surface area contributed by atoms with Gasteiger partial charge in [0.25, 0.3) is 5.56 Å². The van der Waals surface area contributed by atoms with E-state index in [0.717, 1.165) is 0 Å². The van der Waals surface area contributed by atoms with E-state index in [1.807, 2.05) is 0 Å². The number of allylic oxidation sites excluding steroid dienone is 2.